The molecule has 20 heavy (non-hydrogen) atoms. The zero-order valence-corrected chi connectivity index (χ0v) is 13.1. The number of nitrogens with one attached hydrogen (secondary N) is 1. The largest absolute Gasteiger partial charge is 0.242 e. The van der Waals surface area contributed by atoms with Crippen molar-refractivity contribution in [3.05, 3.63) is 51.5 Å². The Hall–Kier alpha value is -1.24. The molecular weight excluding hydrogens is 297 g/mol. The number of halogens is 1. The topological polar surface area (TPSA) is 46.2 Å². The van der Waals surface area contributed by atoms with Crippen LogP contribution in [0.4, 0.5) is 4.39 Å². The summed E-state index contributed by atoms with van der Waals surface area (Å²) in [4.78, 5) is 2.03. The van der Waals surface area contributed by atoms with Crippen LogP contribution in [0, 0.1) is 19.7 Å². The maximum absolute atomic E-state index is 12.9. The fourth-order valence-corrected chi connectivity index (χ4v) is 4.78. The second kappa shape index (κ2) is 5.63. The summed E-state index contributed by atoms with van der Waals surface area (Å²) in [7, 11) is -3.56. The number of rotatable bonds is 4. The van der Waals surface area contributed by atoms with Crippen molar-refractivity contribution in [3.63, 3.8) is 0 Å². The molecule has 0 fully saturated rings. The minimum absolute atomic E-state index is 0.314. The lowest BCUT2D eigenvalue weighted by Crippen LogP contribution is -2.27. The van der Waals surface area contributed by atoms with Crippen molar-refractivity contribution in [3.8, 4) is 0 Å². The van der Waals surface area contributed by atoms with Gasteiger partial charge < -0.3 is 0 Å². The van der Waals surface area contributed by atoms with E-state index in [1.54, 1.807) is 32.0 Å². The molecule has 0 bridgehead atoms. The first kappa shape index (κ1) is 15.2. The summed E-state index contributed by atoms with van der Waals surface area (Å²) >= 11 is 1.45. The standard InChI is InChI=1S/C14H16FNO2S2/c1-9-8-14(11(3)19-9)20(17,18)16-10(2)12-4-6-13(15)7-5-12/h4-8,10,16H,1-3H3. The van der Waals surface area contributed by atoms with Crippen molar-refractivity contribution in [1.29, 1.82) is 0 Å². The van der Waals surface area contributed by atoms with Crippen LogP contribution < -0.4 is 4.72 Å². The van der Waals surface area contributed by atoms with Crippen LogP contribution in [0.2, 0.25) is 0 Å². The van der Waals surface area contributed by atoms with E-state index in [0.29, 0.717) is 4.90 Å². The number of hydrogen-bond donors (Lipinski definition) is 1. The van der Waals surface area contributed by atoms with Gasteiger partial charge in [0.25, 0.3) is 0 Å². The van der Waals surface area contributed by atoms with Crippen molar-refractivity contribution >= 4 is 21.4 Å². The smallest absolute Gasteiger partial charge is 0.207 e. The fourth-order valence-electron chi connectivity index (χ4n) is 1.99. The average molecular weight is 313 g/mol. The van der Waals surface area contributed by atoms with Gasteiger partial charge in [0, 0.05) is 15.8 Å². The van der Waals surface area contributed by atoms with Gasteiger partial charge in [-0.1, -0.05) is 12.1 Å². The van der Waals surface area contributed by atoms with E-state index in [0.717, 1.165) is 15.3 Å². The second-order valence-electron chi connectivity index (χ2n) is 4.67. The zero-order chi connectivity index (χ0) is 14.9. The summed E-state index contributed by atoms with van der Waals surface area (Å²) in [6.45, 7) is 5.40. The van der Waals surface area contributed by atoms with Crippen molar-refractivity contribution in [2.24, 2.45) is 0 Å². The molecule has 3 nitrogen and oxygen atoms in total. The van der Waals surface area contributed by atoms with Gasteiger partial charge >= 0.3 is 0 Å². The van der Waals surface area contributed by atoms with Gasteiger partial charge in [0.05, 0.1) is 4.90 Å². The lowest BCUT2D eigenvalue weighted by atomic mass is 10.1. The molecule has 1 N–H and O–H groups in total. The Morgan fingerprint density at radius 2 is 1.80 bits per heavy atom. The highest BCUT2D eigenvalue weighted by Gasteiger charge is 2.22. The molecule has 0 aliphatic rings. The van der Waals surface area contributed by atoms with Gasteiger partial charge in [-0.3, -0.25) is 0 Å². The summed E-state index contributed by atoms with van der Waals surface area (Å²) in [5.41, 5.74) is 0.722. The molecule has 0 spiro atoms. The van der Waals surface area contributed by atoms with Gasteiger partial charge in [-0.25, -0.2) is 17.5 Å². The number of thiophene rings is 1. The van der Waals surface area contributed by atoms with Crippen LogP contribution >= 0.6 is 11.3 Å². The van der Waals surface area contributed by atoms with E-state index in [1.807, 2.05) is 6.92 Å². The average Bonchev–Trinajstić information content (AvgIpc) is 2.69. The van der Waals surface area contributed by atoms with E-state index in [1.165, 1.54) is 23.5 Å². The Kier molecular flexibility index (Phi) is 4.27. The van der Waals surface area contributed by atoms with Crippen LogP contribution in [0.15, 0.2) is 35.2 Å². The molecular formula is C14H16FNO2S2. The van der Waals surface area contributed by atoms with Gasteiger partial charge in [0.1, 0.15) is 5.82 Å². The third-order valence-electron chi connectivity index (χ3n) is 2.99. The molecule has 2 rings (SSSR count). The predicted molar refractivity (Wildman–Crippen MR) is 78.9 cm³/mol. The molecule has 1 atom stereocenters. The van der Waals surface area contributed by atoms with Gasteiger partial charge in [-0.2, -0.15) is 0 Å². The van der Waals surface area contributed by atoms with E-state index in [-0.39, 0.29) is 5.82 Å². The molecule has 0 radical (unpaired) electrons. The first-order valence-corrected chi connectivity index (χ1v) is 8.44. The van der Waals surface area contributed by atoms with Crippen molar-refractivity contribution in [2.75, 3.05) is 0 Å². The minimum atomic E-state index is -3.56. The van der Waals surface area contributed by atoms with Crippen molar-refractivity contribution in [1.82, 2.24) is 4.72 Å². The minimum Gasteiger partial charge on any atom is -0.207 e. The monoisotopic (exact) mass is 313 g/mol. The van der Waals surface area contributed by atoms with Gasteiger partial charge in [-0.05, 0) is 44.5 Å². The van der Waals surface area contributed by atoms with E-state index in [9.17, 15) is 12.8 Å². The summed E-state index contributed by atoms with van der Waals surface area (Å²) in [5, 5.41) is 0. The Labute approximate surface area is 122 Å². The number of sulfonamides is 1. The zero-order valence-electron chi connectivity index (χ0n) is 11.5. The summed E-state index contributed by atoms with van der Waals surface area (Å²) < 4.78 is 40.2. The Balaban J connectivity index is 2.24. The second-order valence-corrected chi connectivity index (χ2v) is 7.81. The van der Waals surface area contributed by atoms with E-state index in [2.05, 4.69) is 4.72 Å². The van der Waals surface area contributed by atoms with Gasteiger partial charge in [0.15, 0.2) is 0 Å². The third kappa shape index (κ3) is 3.26. The summed E-state index contributed by atoms with van der Waals surface area (Å²) in [6, 6.07) is 7.04. The summed E-state index contributed by atoms with van der Waals surface area (Å²) in [6.07, 6.45) is 0. The molecule has 6 heteroatoms. The molecule has 2 aromatic rings. The lowest BCUT2D eigenvalue weighted by molar-refractivity contribution is 0.566. The SMILES string of the molecule is Cc1cc(S(=O)(=O)NC(C)c2ccc(F)cc2)c(C)s1. The molecule has 0 amide bonds. The highest BCUT2D eigenvalue weighted by atomic mass is 32.2. The molecule has 108 valence electrons. The van der Waals surface area contributed by atoms with Gasteiger partial charge in [-0.15, -0.1) is 11.3 Å². The van der Waals surface area contributed by atoms with E-state index >= 15 is 0 Å². The first-order valence-electron chi connectivity index (χ1n) is 6.14. The Bertz CT molecular complexity index is 705. The fraction of sp³-hybridized carbons (Fsp3) is 0.286. The molecule has 0 aliphatic heterocycles. The molecule has 0 aliphatic carbocycles. The Morgan fingerprint density at radius 3 is 2.30 bits per heavy atom. The van der Waals surface area contributed by atoms with E-state index in [4.69, 9.17) is 0 Å². The number of benzene rings is 1. The third-order valence-corrected chi connectivity index (χ3v) is 5.75. The molecule has 0 saturated heterocycles. The van der Waals surface area contributed by atoms with Crippen LogP contribution in [0.5, 0.6) is 0 Å². The van der Waals surface area contributed by atoms with Crippen molar-refractivity contribution < 1.29 is 12.8 Å². The van der Waals surface area contributed by atoms with Crippen molar-refractivity contribution in [2.45, 2.75) is 31.7 Å². The normalized spacial score (nSPS) is 13.4. The van der Waals surface area contributed by atoms with E-state index < -0.39 is 16.1 Å². The Morgan fingerprint density at radius 1 is 1.20 bits per heavy atom. The molecule has 1 unspecified atom stereocenters. The van der Waals surface area contributed by atoms with Crippen LogP contribution in [-0.4, -0.2) is 8.42 Å². The quantitative estimate of drug-likeness (QED) is 0.938. The lowest BCUT2D eigenvalue weighted by Gasteiger charge is -2.14. The first-order chi connectivity index (χ1) is 9.29. The van der Waals surface area contributed by atoms with Gasteiger partial charge in [0.2, 0.25) is 10.0 Å². The number of hydrogen-bond acceptors (Lipinski definition) is 3. The maximum atomic E-state index is 12.9. The molecule has 1 heterocycles. The predicted octanol–water partition coefficient (Wildman–Crippen LogP) is 3.54. The van der Waals surface area contributed by atoms with Crippen LogP contribution in [0.3, 0.4) is 0 Å². The highest BCUT2D eigenvalue weighted by Crippen LogP contribution is 2.26. The highest BCUT2D eigenvalue weighted by molar-refractivity contribution is 7.89. The van der Waals surface area contributed by atoms with Crippen LogP contribution in [0.25, 0.3) is 0 Å². The van der Waals surface area contributed by atoms with Crippen LogP contribution in [0.1, 0.15) is 28.3 Å². The maximum Gasteiger partial charge on any atom is 0.242 e. The molecule has 1 aromatic heterocycles. The molecule has 1 aromatic carbocycles. The number of aryl methyl sites for hydroxylation is 2. The van der Waals surface area contributed by atoms with Crippen LogP contribution in [-0.2, 0) is 10.0 Å². The molecule has 0 saturated carbocycles. The summed E-state index contributed by atoms with van der Waals surface area (Å²) in [5.74, 6) is -0.340.